The number of hydrogen-bond donors (Lipinski definition) is 1. The topological polar surface area (TPSA) is 55.1 Å². The number of nitrogens with zero attached hydrogens (tertiary/aromatic N) is 2. The Morgan fingerprint density at radius 2 is 2.26 bits per heavy atom. The van der Waals surface area contributed by atoms with Gasteiger partial charge in [-0.2, -0.15) is 0 Å². The Morgan fingerprint density at radius 1 is 1.53 bits per heavy atom. The number of rotatable bonds is 4. The van der Waals surface area contributed by atoms with Gasteiger partial charge in [0.2, 0.25) is 0 Å². The molecule has 2 aromatic rings. The molecule has 1 aliphatic carbocycles. The third-order valence-electron chi connectivity index (χ3n) is 3.93. The first-order chi connectivity index (χ1) is 9.06. The van der Waals surface area contributed by atoms with E-state index in [2.05, 4.69) is 22.7 Å². The van der Waals surface area contributed by atoms with Crippen LogP contribution < -0.4 is 0 Å². The maximum absolute atomic E-state index is 10.8. The van der Waals surface area contributed by atoms with E-state index in [1.54, 1.807) is 0 Å². The standard InChI is InChI=1S/C15H18N2O2/c1-9(7-14(18)19)11-5-6-12-13(8-11)17(2)15(16-12)10-3-4-10/h5-6,8-10H,3-4,7H2,1-2H3,(H,18,19). The molecule has 1 atom stereocenters. The smallest absolute Gasteiger partial charge is 0.303 e. The van der Waals surface area contributed by atoms with Crippen molar-refractivity contribution in [2.75, 3.05) is 0 Å². The number of aryl methyl sites for hydroxylation is 1. The highest BCUT2D eigenvalue weighted by atomic mass is 16.4. The van der Waals surface area contributed by atoms with Gasteiger partial charge in [0.05, 0.1) is 17.5 Å². The average molecular weight is 258 g/mol. The van der Waals surface area contributed by atoms with Crippen molar-refractivity contribution in [1.82, 2.24) is 9.55 Å². The number of carbonyl (C=O) groups is 1. The SMILES string of the molecule is CC(CC(=O)O)c1ccc2nc(C3CC3)n(C)c2c1. The number of carboxylic acids is 1. The van der Waals surface area contributed by atoms with Gasteiger partial charge in [0.25, 0.3) is 0 Å². The molecule has 0 amide bonds. The Labute approximate surface area is 112 Å². The molecule has 0 spiro atoms. The van der Waals surface area contributed by atoms with Gasteiger partial charge in [-0.15, -0.1) is 0 Å². The van der Waals surface area contributed by atoms with E-state index in [0.717, 1.165) is 22.4 Å². The van der Waals surface area contributed by atoms with Crippen molar-refractivity contribution >= 4 is 17.0 Å². The predicted octanol–water partition coefficient (Wildman–Crippen LogP) is 3.03. The van der Waals surface area contributed by atoms with Crippen LogP contribution in [-0.4, -0.2) is 20.6 Å². The summed E-state index contributed by atoms with van der Waals surface area (Å²) in [5, 5.41) is 8.88. The lowest BCUT2D eigenvalue weighted by molar-refractivity contribution is -0.137. The normalized spacial score (nSPS) is 16.7. The van der Waals surface area contributed by atoms with Crippen molar-refractivity contribution in [3.8, 4) is 0 Å². The number of carboxylic acid groups (broad SMARTS) is 1. The molecular formula is C15H18N2O2. The zero-order valence-electron chi connectivity index (χ0n) is 11.3. The van der Waals surface area contributed by atoms with Gasteiger partial charge in [0.15, 0.2) is 0 Å². The molecule has 4 nitrogen and oxygen atoms in total. The van der Waals surface area contributed by atoms with Crippen molar-refractivity contribution in [2.24, 2.45) is 7.05 Å². The van der Waals surface area contributed by atoms with Crippen LogP contribution in [0.3, 0.4) is 0 Å². The summed E-state index contributed by atoms with van der Waals surface area (Å²) in [6, 6.07) is 6.09. The van der Waals surface area contributed by atoms with Gasteiger partial charge >= 0.3 is 5.97 Å². The minimum Gasteiger partial charge on any atom is -0.481 e. The van der Waals surface area contributed by atoms with Crippen molar-refractivity contribution in [2.45, 2.75) is 38.0 Å². The fourth-order valence-electron chi connectivity index (χ4n) is 2.62. The lowest BCUT2D eigenvalue weighted by Crippen LogP contribution is -2.03. The Kier molecular flexibility index (Phi) is 2.81. The van der Waals surface area contributed by atoms with Gasteiger partial charge in [-0.3, -0.25) is 4.79 Å². The van der Waals surface area contributed by atoms with E-state index in [0.29, 0.717) is 5.92 Å². The largest absolute Gasteiger partial charge is 0.481 e. The molecule has 1 aromatic carbocycles. The van der Waals surface area contributed by atoms with Gasteiger partial charge in [-0.1, -0.05) is 13.0 Å². The second-order valence-electron chi connectivity index (χ2n) is 5.55. The average Bonchev–Trinajstić information content (AvgIpc) is 3.14. The summed E-state index contributed by atoms with van der Waals surface area (Å²) in [5.74, 6) is 1.06. The lowest BCUT2D eigenvalue weighted by Gasteiger charge is -2.09. The van der Waals surface area contributed by atoms with Gasteiger partial charge in [-0.05, 0) is 36.5 Å². The molecule has 4 heteroatoms. The van der Waals surface area contributed by atoms with Crippen LogP contribution in [0.2, 0.25) is 0 Å². The first-order valence-corrected chi connectivity index (χ1v) is 6.74. The molecule has 19 heavy (non-hydrogen) atoms. The summed E-state index contributed by atoms with van der Waals surface area (Å²) in [6.07, 6.45) is 2.64. The molecule has 1 saturated carbocycles. The van der Waals surface area contributed by atoms with Gasteiger partial charge in [-0.25, -0.2) is 4.98 Å². The van der Waals surface area contributed by atoms with Crippen molar-refractivity contribution < 1.29 is 9.90 Å². The first-order valence-electron chi connectivity index (χ1n) is 6.74. The Bertz CT molecular complexity index is 641. The van der Waals surface area contributed by atoms with Crippen LogP contribution >= 0.6 is 0 Å². The molecule has 0 radical (unpaired) electrons. The monoisotopic (exact) mass is 258 g/mol. The van der Waals surface area contributed by atoms with E-state index in [1.165, 1.54) is 12.8 Å². The summed E-state index contributed by atoms with van der Waals surface area (Å²) in [7, 11) is 2.05. The minimum absolute atomic E-state index is 0.0289. The molecule has 1 heterocycles. The molecular weight excluding hydrogens is 240 g/mol. The molecule has 100 valence electrons. The third-order valence-corrected chi connectivity index (χ3v) is 3.93. The first kappa shape index (κ1) is 12.2. The number of imidazole rings is 1. The van der Waals surface area contributed by atoms with Gasteiger partial charge < -0.3 is 9.67 Å². The number of aromatic nitrogens is 2. The van der Waals surface area contributed by atoms with Crippen LogP contribution in [0.5, 0.6) is 0 Å². The fraction of sp³-hybridized carbons (Fsp3) is 0.467. The molecule has 0 saturated heterocycles. The maximum Gasteiger partial charge on any atom is 0.303 e. The Morgan fingerprint density at radius 3 is 2.89 bits per heavy atom. The van der Waals surface area contributed by atoms with Gasteiger partial charge in [0.1, 0.15) is 5.82 Å². The highest BCUT2D eigenvalue weighted by Crippen LogP contribution is 2.40. The Balaban J connectivity index is 2.00. The number of aliphatic carboxylic acids is 1. The van der Waals surface area contributed by atoms with Crippen LogP contribution in [0.15, 0.2) is 18.2 Å². The fourth-order valence-corrected chi connectivity index (χ4v) is 2.62. The molecule has 0 bridgehead atoms. The quantitative estimate of drug-likeness (QED) is 0.917. The van der Waals surface area contributed by atoms with E-state index in [1.807, 2.05) is 19.1 Å². The zero-order valence-corrected chi connectivity index (χ0v) is 11.3. The Hall–Kier alpha value is -1.84. The van der Waals surface area contributed by atoms with E-state index < -0.39 is 5.97 Å². The summed E-state index contributed by atoms with van der Waals surface area (Å²) >= 11 is 0. The number of hydrogen-bond acceptors (Lipinski definition) is 2. The van der Waals surface area contributed by atoms with Crippen LogP contribution in [0.1, 0.15) is 49.4 Å². The van der Waals surface area contributed by atoms with Crippen molar-refractivity contribution in [3.63, 3.8) is 0 Å². The zero-order chi connectivity index (χ0) is 13.6. The van der Waals surface area contributed by atoms with Gasteiger partial charge in [0, 0.05) is 13.0 Å². The van der Waals surface area contributed by atoms with Crippen LogP contribution in [0.25, 0.3) is 11.0 Å². The lowest BCUT2D eigenvalue weighted by atomic mass is 9.97. The van der Waals surface area contributed by atoms with Crippen LogP contribution in [0, 0.1) is 0 Å². The summed E-state index contributed by atoms with van der Waals surface area (Å²) in [5.41, 5.74) is 3.19. The molecule has 3 rings (SSSR count). The molecule has 1 N–H and O–H groups in total. The van der Waals surface area contributed by atoms with E-state index in [-0.39, 0.29) is 12.3 Å². The maximum atomic E-state index is 10.8. The van der Waals surface area contributed by atoms with E-state index in [9.17, 15) is 4.79 Å². The highest BCUT2D eigenvalue weighted by Gasteiger charge is 2.28. The predicted molar refractivity (Wildman–Crippen MR) is 73.4 cm³/mol. The van der Waals surface area contributed by atoms with Crippen LogP contribution in [-0.2, 0) is 11.8 Å². The van der Waals surface area contributed by atoms with E-state index in [4.69, 9.17) is 5.11 Å². The van der Waals surface area contributed by atoms with E-state index >= 15 is 0 Å². The minimum atomic E-state index is -0.753. The van der Waals surface area contributed by atoms with Crippen molar-refractivity contribution in [3.05, 3.63) is 29.6 Å². The summed E-state index contributed by atoms with van der Waals surface area (Å²) < 4.78 is 2.16. The second kappa shape index (κ2) is 4.37. The number of fused-ring (bicyclic) bond motifs is 1. The summed E-state index contributed by atoms with van der Waals surface area (Å²) in [4.78, 5) is 15.5. The second-order valence-corrected chi connectivity index (χ2v) is 5.55. The molecule has 1 unspecified atom stereocenters. The van der Waals surface area contributed by atoms with Crippen LogP contribution in [0.4, 0.5) is 0 Å². The highest BCUT2D eigenvalue weighted by molar-refractivity contribution is 5.77. The third kappa shape index (κ3) is 2.23. The molecule has 1 fully saturated rings. The summed E-state index contributed by atoms with van der Waals surface area (Å²) in [6.45, 7) is 1.95. The number of benzene rings is 1. The molecule has 1 aliphatic rings. The molecule has 0 aliphatic heterocycles. The van der Waals surface area contributed by atoms with Crippen molar-refractivity contribution in [1.29, 1.82) is 0 Å². The molecule has 1 aromatic heterocycles.